The molecule has 156 valence electrons. The van der Waals surface area contributed by atoms with Crippen molar-refractivity contribution in [1.82, 2.24) is 9.78 Å². The quantitative estimate of drug-likeness (QED) is 0.661. The minimum atomic E-state index is -0.972. The van der Waals surface area contributed by atoms with Crippen molar-refractivity contribution >= 4 is 22.5 Å². The summed E-state index contributed by atoms with van der Waals surface area (Å²) in [6.45, 7) is 10.5. The minimum absolute atomic E-state index is 0.0292. The Morgan fingerprint density at radius 1 is 1.07 bits per heavy atom. The van der Waals surface area contributed by atoms with Gasteiger partial charge in [-0.2, -0.15) is 5.10 Å². The van der Waals surface area contributed by atoms with E-state index in [1.807, 2.05) is 50.2 Å². The Hall–Kier alpha value is -2.73. The first kappa shape index (κ1) is 20.5. The maximum Gasteiger partial charge on any atom is 0.256 e. The van der Waals surface area contributed by atoms with Gasteiger partial charge in [0.05, 0.1) is 22.9 Å². The van der Waals surface area contributed by atoms with Crippen LogP contribution < -0.4 is 5.32 Å². The smallest absolute Gasteiger partial charge is 0.256 e. The highest BCUT2D eigenvalue weighted by Crippen LogP contribution is 2.33. The molecule has 1 aliphatic heterocycles. The summed E-state index contributed by atoms with van der Waals surface area (Å²) in [4.78, 5) is 13.0. The Labute approximate surface area is 180 Å². The fourth-order valence-corrected chi connectivity index (χ4v) is 5.04. The zero-order chi connectivity index (χ0) is 21.6. The number of aromatic nitrogens is 2. The van der Waals surface area contributed by atoms with Gasteiger partial charge in [-0.25, -0.2) is 4.68 Å². The molecule has 3 aromatic rings. The Bertz CT molecular complexity index is 1150. The molecule has 6 heteroatoms. The summed E-state index contributed by atoms with van der Waals surface area (Å²) in [6, 6.07) is 13.8. The van der Waals surface area contributed by atoms with E-state index in [1.165, 1.54) is 11.1 Å². The van der Waals surface area contributed by atoms with Crippen LogP contribution in [0.25, 0.3) is 5.69 Å². The predicted octanol–water partition coefficient (Wildman–Crippen LogP) is 4.80. The number of nitrogens with one attached hydrogen (secondary N) is 1. The number of carbonyl (C=O) groups excluding carboxylic acids is 1. The average Bonchev–Trinajstić information content (AvgIpc) is 3.18. The molecule has 0 saturated heterocycles. The van der Waals surface area contributed by atoms with Gasteiger partial charge in [0, 0.05) is 21.9 Å². The Balaban J connectivity index is 1.71. The monoisotopic (exact) mass is 421 g/mol. The summed E-state index contributed by atoms with van der Waals surface area (Å²) in [5, 5.41) is 7.76. The number of fused-ring (bicyclic) bond motifs is 1. The molecule has 0 radical (unpaired) electrons. The van der Waals surface area contributed by atoms with E-state index >= 15 is 0 Å². The van der Waals surface area contributed by atoms with Gasteiger partial charge < -0.3 is 5.32 Å². The van der Waals surface area contributed by atoms with E-state index in [1.54, 1.807) is 4.68 Å². The number of anilines is 1. The van der Waals surface area contributed by atoms with Gasteiger partial charge in [0.15, 0.2) is 0 Å². The second-order valence-corrected chi connectivity index (χ2v) is 10.4. The molecular formula is C24H27N3O2S. The molecule has 5 nitrogen and oxygen atoms in total. The van der Waals surface area contributed by atoms with Crippen LogP contribution in [0.4, 0.5) is 5.82 Å². The maximum atomic E-state index is 13.0. The van der Waals surface area contributed by atoms with Crippen LogP contribution in [0.5, 0.6) is 0 Å². The van der Waals surface area contributed by atoms with Crippen molar-refractivity contribution in [3.05, 3.63) is 76.0 Å². The molecule has 2 aromatic carbocycles. The van der Waals surface area contributed by atoms with Crippen molar-refractivity contribution in [2.75, 3.05) is 5.32 Å². The van der Waals surface area contributed by atoms with Crippen LogP contribution in [-0.4, -0.2) is 19.9 Å². The first-order chi connectivity index (χ1) is 14.1. The Morgan fingerprint density at radius 3 is 2.40 bits per heavy atom. The average molecular weight is 422 g/mol. The van der Waals surface area contributed by atoms with Gasteiger partial charge >= 0.3 is 0 Å². The van der Waals surface area contributed by atoms with E-state index in [4.69, 9.17) is 5.10 Å². The van der Waals surface area contributed by atoms with Crippen molar-refractivity contribution in [1.29, 1.82) is 0 Å². The SMILES string of the molecule is Cc1ccc(-n2nc3c(c2NC(=O)c2ccc(C(C)(C)C)cc2)C[S@@](=O)C3)c(C)c1. The van der Waals surface area contributed by atoms with Crippen LogP contribution >= 0.6 is 0 Å². The molecule has 1 amide bonds. The number of hydrogen-bond donors (Lipinski definition) is 1. The summed E-state index contributed by atoms with van der Waals surface area (Å²) in [5.41, 5.74) is 6.62. The minimum Gasteiger partial charge on any atom is -0.306 e. The second-order valence-electron chi connectivity index (χ2n) is 8.99. The fraction of sp³-hybridized carbons (Fsp3) is 0.333. The van der Waals surface area contributed by atoms with Crippen molar-refractivity contribution in [2.24, 2.45) is 0 Å². The topological polar surface area (TPSA) is 64.0 Å². The van der Waals surface area contributed by atoms with Crippen LogP contribution in [-0.2, 0) is 27.7 Å². The lowest BCUT2D eigenvalue weighted by Crippen LogP contribution is -2.17. The number of amides is 1. The van der Waals surface area contributed by atoms with Gasteiger partial charge in [0.1, 0.15) is 5.82 Å². The van der Waals surface area contributed by atoms with Gasteiger partial charge in [-0.15, -0.1) is 0 Å². The van der Waals surface area contributed by atoms with Gasteiger partial charge in [0.25, 0.3) is 5.91 Å². The number of carbonyl (C=O) groups is 1. The number of benzene rings is 2. The standard InChI is InChI=1S/C24H27N3O2S/c1-15-6-11-21(16(2)12-15)27-22(19-13-30(29)14-20(19)26-27)25-23(28)17-7-9-18(10-8-17)24(3,4)5/h6-12H,13-14H2,1-5H3,(H,25,28)/t30-/m1/s1. The molecule has 2 heterocycles. The van der Waals surface area contributed by atoms with Gasteiger partial charge in [-0.3, -0.25) is 9.00 Å². The molecule has 1 aliphatic rings. The first-order valence-electron chi connectivity index (χ1n) is 10.1. The van der Waals surface area contributed by atoms with Crippen molar-refractivity contribution in [3.63, 3.8) is 0 Å². The molecule has 4 rings (SSSR count). The van der Waals surface area contributed by atoms with Crippen LogP contribution in [0.3, 0.4) is 0 Å². The summed E-state index contributed by atoms with van der Waals surface area (Å²) in [5.74, 6) is 1.27. The highest BCUT2D eigenvalue weighted by Gasteiger charge is 2.29. The van der Waals surface area contributed by atoms with E-state index < -0.39 is 10.8 Å². The molecule has 0 bridgehead atoms. The third-order valence-electron chi connectivity index (χ3n) is 5.50. The molecule has 0 unspecified atom stereocenters. The third-order valence-corrected chi connectivity index (χ3v) is 6.70. The summed E-state index contributed by atoms with van der Waals surface area (Å²) in [7, 11) is -0.972. The van der Waals surface area contributed by atoms with Crippen LogP contribution in [0.15, 0.2) is 42.5 Å². The number of nitrogens with zero attached hydrogens (tertiary/aromatic N) is 2. The fourth-order valence-electron chi connectivity index (χ4n) is 3.77. The molecule has 1 atom stereocenters. The molecule has 0 fully saturated rings. The van der Waals surface area contributed by atoms with Crippen molar-refractivity contribution < 1.29 is 9.00 Å². The Morgan fingerprint density at radius 2 is 1.77 bits per heavy atom. The van der Waals surface area contributed by atoms with E-state index in [0.29, 0.717) is 22.9 Å². The lowest BCUT2D eigenvalue weighted by atomic mass is 9.87. The summed E-state index contributed by atoms with van der Waals surface area (Å²) in [6.07, 6.45) is 0. The number of hydrogen-bond acceptors (Lipinski definition) is 3. The second kappa shape index (κ2) is 7.51. The lowest BCUT2D eigenvalue weighted by Gasteiger charge is -2.19. The molecule has 0 saturated carbocycles. The molecule has 0 aliphatic carbocycles. The molecule has 30 heavy (non-hydrogen) atoms. The molecule has 0 spiro atoms. The van der Waals surface area contributed by atoms with E-state index in [2.05, 4.69) is 32.2 Å². The van der Waals surface area contributed by atoms with Crippen LogP contribution in [0, 0.1) is 13.8 Å². The lowest BCUT2D eigenvalue weighted by molar-refractivity contribution is 0.102. The van der Waals surface area contributed by atoms with Gasteiger partial charge in [0.2, 0.25) is 0 Å². The number of aryl methyl sites for hydroxylation is 2. The maximum absolute atomic E-state index is 13.0. The summed E-state index contributed by atoms with van der Waals surface area (Å²) >= 11 is 0. The van der Waals surface area contributed by atoms with Crippen molar-refractivity contribution in [3.8, 4) is 5.69 Å². The highest BCUT2D eigenvalue weighted by molar-refractivity contribution is 7.83. The van der Waals surface area contributed by atoms with E-state index in [9.17, 15) is 9.00 Å². The van der Waals surface area contributed by atoms with Gasteiger partial charge in [-0.05, 0) is 48.6 Å². The molecular weight excluding hydrogens is 394 g/mol. The van der Waals surface area contributed by atoms with Gasteiger partial charge in [-0.1, -0.05) is 50.6 Å². The largest absolute Gasteiger partial charge is 0.306 e. The third kappa shape index (κ3) is 3.84. The zero-order valence-electron chi connectivity index (χ0n) is 18.1. The molecule has 1 N–H and O–H groups in total. The zero-order valence-corrected chi connectivity index (χ0v) is 18.9. The normalized spacial score (nSPS) is 15.8. The number of rotatable bonds is 3. The summed E-state index contributed by atoms with van der Waals surface area (Å²) < 4.78 is 13.9. The highest BCUT2D eigenvalue weighted by atomic mass is 32.2. The van der Waals surface area contributed by atoms with Crippen LogP contribution in [0.2, 0.25) is 0 Å². The Kier molecular flexibility index (Phi) is 5.14. The van der Waals surface area contributed by atoms with Crippen LogP contribution in [0.1, 0.15) is 59.1 Å². The predicted molar refractivity (Wildman–Crippen MR) is 122 cm³/mol. The first-order valence-corrected chi connectivity index (χ1v) is 11.6. The molecule has 1 aromatic heterocycles. The van der Waals surface area contributed by atoms with Crippen molar-refractivity contribution in [2.45, 2.75) is 51.5 Å². The van der Waals surface area contributed by atoms with E-state index in [0.717, 1.165) is 22.5 Å². The van der Waals surface area contributed by atoms with E-state index in [-0.39, 0.29) is 11.3 Å².